The summed E-state index contributed by atoms with van der Waals surface area (Å²) < 4.78 is 14.2. The molecule has 2 aromatic carbocycles. The van der Waals surface area contributed by atoms with Gasteiger partial charge in [-0.25, -0.2) is 4.39 Å². The van der Waals surface area contributed by atoms with E-state index in [0.29, 0.717) is 17.9 Å². The van der Waals surface area contributed by atoms with Crippen molar-refractivity contribution in [3.8, 4) is 0 Å². The zero-order valence-corrected chi connectivity index (χ0v) is 26.1. The predicted molar refractivity (Wildman–Crippen MR) is 169 cm³/mol. The number of anilines is 1. The van der Waals surface area contributed by atoms with Crippen LogP contribution in [0.5, 0.6) is 0 Å². The molecule has 0 saturated heterocycles. The molecule has 0 fully saturated rings. The van der Waals surface area contributed by atoms with Gasteiger partial charge >= 0.3 is 0 Å². The van der Waals surface area contributed by atoms with E-state index in [1.54, 1.807) is 5.57 Å². The fourth-order valence-corrected chi connectivity index (χ4v) is 4.86. The standard InChI is InChI=1S/C21H26FN.C15H30/c1-14(2)11-17-7-6-10-20(23)19(17)9-5-8-18-13-15(3)12-16(4)21(18)22;1-12(2)8-7-9-15(10-13(3)4)11-14(5)6/h5-7,9-10,12-14H,8,11,23H2,1-4H3;9,12-14H,7-8,10-11H2,1-6H3/b9-5-;. The number of hydrogen-bond acceptors (Lipinski definition) is 1. The van der Waals surface area contributed by atoms with Gasteiger partial charge in [-0.1, -0.05) is 109 Å². The lowest BCUT2D eigenvalue weighted by Crippen LogP contribution is -2.00. The highest BCUT2D eigenvalue weighted by atomic mass is 19.1. The second-order valence-corrected chi connectivity index (χ2v) is 12.7. The normalized spacial score (nSPS) is 11.6. The highest BCUT2D eigenvalue weighted by Crippen LogP contribution is 2.23. The Balaban J connectivity index is 0.000000420. The van der Waals surface area contributed by atoms with Crippen LogP contribution >= 0.6 is 0 Å². The molecule has 0 aliphatic heterocycles. The van der Waals surface area contributed by atoms with Crippen LogP contribution in [0.2, 0.25) is 0 Å². The number of aryl methyl sites for hydroxylation is 2. The molecule has 0 bridgehead atoms. The molecule has 0 unspecified atom stereocenters. The molecule has 212 valence electrons. The minimum Gasteiger partial charge on any atom is -0.398 e. The molecule has 2 heteroatoms. The third-order valence-corrected chi connectivity index (χ3v) is 6.47. The first-order valence-corrected chi connectivity index (χ1v) is 14.8. The van der Waals surface area contributed by atoms with Gasteiger partial charge in [0.05, 0.1) is 0 Å². The summed E-state index contributed by atoms with van der Waals surface area (Å²) in [6.07, 6.45) is 13.3. The predicted octanol–water partition coefficient (Wildman–Crippen LogP) is 10.9. The number of halogens is 1. The van der Waals surface area contributed by atoms with Crippen LogP contribution in [0.4, 0.5) is 10.1 Å². The average Bonchev–Trinajstić information content (AvgIpc) is 2.77. The van der Waals surface area contributed by atoms with Crippen molar-refractivity contribution in [3.63, 3.8) is 0 Å². The van der Waals surface area contributed by atoms with Gasteiger partial charge in [0.25, 0.3) is 0 Å². The van der Waals surface area contributed by atoms with E-state index >= 15 is 0 Å². The summed E-state index contributed by atoms with van der Waals surface area (Å²) in [5, 5.41) is 0. The maximum Gasteiger partial charge on any atom is 0.129 e. The molecule has 2 rings (SSSR count). The highest BCUT2D eigenvalue weighted by Gasteiger charge is 2.08. The third-order valence-electron chi connectivity index (χ3n) is 6.47. The molecule has 0 amide bonds. The third kappa shape index (κ3) is 13.4. The Labute approximate surface area is 234 Å². The van der Waals surface area contributed by atoms with Gasteiger partial charge in [0.1, 0.15) is 5.82 Å². The Morgan fingerprint density at radius 1 is 0.842 bits per heavy atom. The van der Waals surface area contributed by atoms with Crippen LogP contribution in [-0.4, -0.2) is 0 Å². The number of nitrogens with two attached hydrogens (primary N) is 1. The first-order chi connectivity index (χ1) is 17.8. The number of hydrogen-bond donors (Lipinski definition) is 1. The molecule has 0 saturated carbocycles. The summed E-state index contributed by atoms with van der Waals surface area (Å²) in [5.74, 6) is 2.90. The van der Waals surface area contributed by atoms with Gasteiger partial charge in [-0.3, -0.25) is 0 Å². The molecule has 0 spiro atoms. The van der Waals surface area contributed by atoms with Crippen LogP contribution in [0.15, 0.2) is 48.1 Å². The Morgan fingerprint density at radius 3 is 2.03 bits per heavy atom. The van der Waals surface area contributed by atoms with Gasteiger partial charge in [-0.05, 0) is 98.8 Å². The van der Waals surface area contributed by atoms with E-state index in [4.69, 9.17) is 5.73 Å². The van der Waals surface area contributed by atoms with Gasteiger partial charge in [-0.15, -0.1) is 0 Å². The molecular formula is C36H56FN. The van der Waals surface area contributed by atoms with Crippen molar-refractivity contribution in [3.05, 3.63) is 81.7 Å². The van der Waals surface area contributed by atoms with Crippen molar-refractivity contribution in [2.24, 2.45) is 23.7 Å². The summed E-state index contributed by atoms with van der Waals surface area (Å²) in [4.78, 5) is 0. The van der Waals surface area contributed by atoms with E-state index in [1.807, 2.05) is 50.3 Å². The summed E-state index contributed by atoms with van der Waals surface area (Å²) in [5.41, 5.74) is 13.4. The van der Waals surface area contributed by atoms with E-state index in [2.05, 4.69) is 67.5 Å². The number of benzene rings is 2. The molecule has 2 N–H and O–H groups in total. The molecule has 2 aromatic rings. The van der Waals surface area contributed by atoms with Crippen LogP contribution in [0, 0.1) is 43.3 Å². The van der Waals surface area contributed by atoms with Gasteiger partial charge in [-0.2, -0.15) is 0 Å². The Morgan fingerprint density at radius 2 is 1.47 bits per heavy atom. The van der Waals surface area contributed by atoms with E-state index in [0.717, 1.165) is 46.6 Å². The first-order valence-electron chi connectivity index (χ1n) is 14.8. The van der Waals surface area contributed by atoms with Crippen molar-refractivity contribution in [2.75, 3.05) is 5.73 Å². The topological polar surface area (TPSA) is 26.0 Å². The number of nitrogen functional groups attached to an aromatic ring is 1. The molecule has 0 aliphatic rings. The molecule has 0 radical (unpaired) electrons. The lowest BCUT2D eigenvalue weighted by Gasteiger charge is -2.13. The molecule has 0 atom stereocenters. The van der Waals surface area contributed by atoms with Crippen LogP contribution < -0.4 is 5.73 Å². The van der Waals surface area contributed by atoms with Crippen molar-refractivity contribution in [1.29, 1.82) is 0 Å². The zero-order valence-electron chi connectivity index (χ0n) is 26.1. The van der Waals surface area contributed by atoms with Crippen LogP contribution in [-0.2, 0) is 12.8 Å². The minimum absolute atomic E-state index is 0.108. The fraction of sp³-hybridized carbons (Fsp3) is 0.556. The summed E-state index contributed by atoms with van der Waals surface area (Å²) >= 11 is 0. The van der Waals surface area contributed by atoms with Crippen LogP contribution in [0.25, 0.3) is 6.08 Å². The maximum absolute atomic E-state index is 14.2. The molecule has 1 nitrogen and oxygen atoms in total. The van der Waals surface area contributed by atoms with Gasteiger partial charge in [0, 0.05) is 11.3 Å². The largest absolute Gasteiger partial charge is 0.398 e. The van der Waals surface area contributed by atoms with Crippen molar-refractivity contribution in [1.82, 2.24) is 0 Å². The summed E-state index contributed by atoms with van der Waals surface area (Å²) in [6, 6.07) is 9.82. The summed E-state index contributed by atoms with van der Waals surface area (Å²) in [7, 11) is 0. The minimum atomic E-state index is -0.108. The molecule has 38 heavy (non-hydrogen) atoms. The van der Waals surface area contributed by atoms with Crippen molar-refractivity contribution in [2.45, 2.75) is 108 Å². The molecule has 0 aliphatic carbocycles. The molecule has 0 aromatic heterocycles. The van der Waals surface area contributed by atoms with E-state index in [-0.39, 0.29) is 5.82 Å². The van der Waals surface area contributed by atoms with Crippen LogP contribution in [0.3, 0.4) is 0 Å². The van der Waals surface area contributed by atoms with E-state index in [9.17, 15) is 4.39 Å². The van der Waals surface area contributed by atoms with Gasteiger partial charge < -0.3 is 5.73 Å². The smallest absolute Gasteiger partial charge is 0.129 e. The summed E-state index contributed by atoms with van der Waals surface area (Å²) in [6.45, 7) is 22.1. The van der Waals surface area contributed by atoms with E-state index in [1.165, 1.54) is 31.2 Å². The first kappa shape index (κ1) is 33.7. The van der Waals surface area contributed by atoms with Crippen molar-refractivity contribution >= 4 is 11.8 Å². The average molecular weight is 522 g/mol. The quantitative estimate of drug-likeness (QED) is 0.218. The van der Waals surface area contributed by atoms with Gasteiger partial charge in [0.15, 0.2) is 0 Å². The second kappa shape index (κ2) is 17.3. The fourth-order valence-electron chi connectivity index (χ4n) is 4.86. The Bertz CT molecular complexity index is 1010. The highest BCUT2D eigenvalue weighted by molar-refractivity contribution is 5.68. The van der Waals surface area contributed by atoms with Crippen LogP contribution in [0.1, 0.15) is 109 Å². The van der Waals surface area contributed by atoms with E-state index < -0.39 is 0 Å². The number of allylic oxidation sites excluding steroid dienone is 3. The zero-order chi connectivity index (χ0) is 28.8. The second-order valence-electron chi connectivity index (χ2n) is 12.7. The lowest BCUT2D eigenvalue weighted by molar-refractivity contribution is 0.558. The molecular weight excluding hydrogens is 465 g/mol. The van der Waals surface area contributed by atoms with Crippen molar-refractivity contribution < 1.29 is 4.39 Å². The maximum atomic E-state index is 14.2. The molecule has 0 heterocycles. The number of rotatable bonds is 12. The Kier molecular flexibility index (Phi) is 15.3. The monoisotopic (exact) mass is 521 g/mol. The van der Waals surface area contributed by atoms with Gasteiger partial charge in [0.2, 0.25) is 0 Å². The lowest BCUT2D eigenvalue weighted by atomic mass is 9.93. The Hall–Kier alpha value is -2.35. The SMILES string of the molecule is CC(C)CCC=C(CC(C)C)CC(C)C.Cc1cc(C)c(F)c(C/C=C\c2c(N)cccc2CC(C)C)c1.